The molecule has 3 aromatic heterocycles. The van der Waals surface area contributed by atoms with Gasteiger partial charge in [-0.15, -0.1) is 5.10 Å². The van der Waals surface area contributed by atoms with Gasteiger partial charge in [-0.05, 0) is 32.0 Å². The molecule has 0 aromatic carbocycles. The molecule has 0 spiro atoms. The van der Waals surface area contributed by atoms with Crippen molar-refractivity contribution in [2.24, 2.45) is 7.05 Å². The Morgan fingerprint density at radius 1 is 1.29 bits per heavy atom. The van der Waals surface area contributed by atoms with Crippen LogP contribution in [0.3, 0.4) is 0 Å². The van der Waals surface area contributed by atoms with Gasteiger partial charge in [-0.25, -0.2) is 27.9 Å². The Labute approximate surface area is 183 Å². The van der Waals surface area contributed by atoms with E-state index in [1.54, 1.807) is 45.2 Å². The van der Waals surface area contributed by atoms with Gasteiger partial charge >= 0.3 is 6.09 Å². The zero-order chi connectivity index (χ0) is 22.8. The molecule has 0 fully saturated rings. The second-order valence-corrected chi connectivity index (χ2v) is 8.78. The first kappa shape index (κ1) is 22.4. The highest BCUT2D eigenvalue weighted by Gasteiger charge is 2.21. The lowest BCUT2D eigenvalue weighted by atomic mass is 10.2. The number of pyridine rings is 2. The van der Waals surface area contributed by atoms with Gasteiger partial charge < -0.3 is 4.74 Å². The molecule has 0 unspecified atom stereocenters. The number of amides is 1. The van der Waals surface area contributed by atoms with Crippen molar-refractivity contribution in [2.45, 2.75) is 20.0 Å². The van der Waals surface area contributed by atoms with E-state index in [4.69, 9.17) is 16.3 Å². The number of hydrogen-bond acceptors (Lipinski definition) is 8. The molecule has 3 aromatic rings. The third-order valence-electron chi connectivity index (χ3n) is 4.18. The molecule has 0 aliphatic rings. The third-order valence-corrected chi connectivity index (χ3v) is 5.09. The number of nitrogens with zero attached hydrogens (tertiary/aromatic N) is 5. The first-order chi connectivity index (χ1) is 14.5. The normalized spacial score (nSPS) is 12.3. The average molecular weight is 466 g/mol. The molecule has 0 aliphatic carbocycles. The third kappa shape index (κ3) is 5.47. The summed E-state index contributed by atoms with van der Waals surface area (Å²) in [5, 5.41) is 10.8. The number of carbonyl (C=O) groups is 1. The number of anilines is 2. The molecular formula is C18H20ClN7O4S. The van der Waals surface area contributed by atoms with Crippen molar-refractivity contribution in [1.82, 2.24) is 25.0 Å². The van der Waals surface area contributed by atoms with E-state index in [1.165, 1.54) is 10.9 Å². The van der Waals surface area contributed by atoms with Gasteiger partial charge in [0, 0.05) is 18.8 Å². The molecule has 3 rings (SSSR count). The van der Waals surface area contributed by atoms with Crippen LogP contribution in [0.1, 0.15) is 24.3 Å². The number of ether oxygens (including phenoxy) is 1. The molecule has 1 atom stereocenters. The maximum absolute atomic E-state index is 12.5. The van der Waals surface area contributed by atoms with E-state index < -0.39 is 22.2 Å². The first-order valence-corrected chi connectivity index (χ1v) is 11.3. The molecule has 31 heavy (non-hydrogen) atoms. The van der Waals surface area contributed by atoms with Crippen LogP contribution < -0.4 is 10.0 Å². The molecule has 1 amide bonds. The smallest absolute Gasteiger partial charge is 0.413 e. The summed E-state index contributed by atoms with van der Waals surface area (Å²) in [6.07, 6.45) is 1.20. The molecular weight excluding hydrogens is 446 g/mol. The summed E-state index contributed by atoms with van der Waals surface area (Å²) in [5.41, 5.74) is 2.02. The highest BCUT2D eigenvalue weighted by molar-refractivity contribution is 7.92. The number of hydrogen-bond donors (Lipinski definition) is 2. The van der Waals surface area contributed by atoms with Gasteiger partial charge in [-0.2, -0.15) is 0 Å². The summed E-state index contributed by atoms with van der Waals surface area (Å²) in [6.45, 7) is 3.32. The number of nitrogens with one attached hydrogen (secondary N) is 2. The monoisotopic (exact) mass is 465 g/mol. The van der Waals surface area contributed by atoms with Crippen LogP contribution in [0.15, 0.2) is 30.5 Å². The predicted molar refractivity (Wildman–Crippen MR) is 115 cm³/mol. The van der Waals surface area contributed by atoms with Gasteiger partial charge in [0.1, 0.15) is 11.3 Å². The Balaban J connectivity index is 1.80. The van der Waals surface area contributed by atoms with Crippen LogP contribution in [0.4, 0.5) is 16.3 Å². The molecule has 164 valence electrons. The molecule has 3 heterocycles. The van der Waals surface area contributed by atoms with Crippen molar-refractivity contribution in [3.63, 3.8) is 0 Å². The van der Waals surface area contributed by atoms with E-state index in [-0.39, 0.29) is 11.0 Å². The first-order valence-electron chi connectivity index (χ1n) is 8.98. The molecule has 2 N–H and O–H groups in total. The standard InChI is InChI=1S/C18H20ClN7O4S/c1-10-13(24-31(4,28)29)7-8-14(21-10)15-17(26(3)25-23-15)22-18(27)30-11(2)12-6-5-9-20-16(12)19/h5-9,11,24H,1-4H3,(H,22,27)/t11-/m1/s1. The van der Waals surface area contributed by atoms with E-state index >= 15 is 0 Å². The SMILES string of the molecule is Cc1nc(-c2nnn(C)c2NC(=O)O[C@H](C)c2cccnc2Cl)ccc1NS(C)(=O)=O. The molecule has 0 bridgehead atoms. The zero-order valence-corrected chi connectivity index (χ0v) is 18.7. The molecule has 11 nitrogen and oxygen atoms in total. The summed E-state index contributed by atoms with van der Waals surface area (Å²) >= 11 is 6.05. The van der Waals surface area contributed by atoms with Crippen LogP contribution in [0.5, 0.6) is 0 Å². The van der Waals surface area contributed by atoms with Crippen molar-refractivity contribution in [3.8, 4) is 11.4 Å². The van der Waals surface area contributed by atoms with Crippen molar-refractivity contribution >= 4 is 39.2 Å². The summed E-state index contributed by atoms with van der Waals surface area (Å²) in [6, 6.07) is 6.53. The topological polar surface area (TPSA) is 141 Å². The van der Waals surface area contributed by atoms with Crippen molar-refractivity contribution in [3.05, 3.63) is 46.9 Å². The van der Waals surface area contributed by atoms with E-state index in [9.17, 15) is 13.2 Å². The molecule has 0 radical (unpaired) electrons. The van der Waals surface area contributed by atoms with E-state index in [0.29, 0.717) is 28.3 Å². The van der Waals surface area contributed by atoms with E-state index in [1.807, 2.05) is 0 Å². The lowest BCUT2D eigenvalue weighted by molar-refractivity contribution is 0.121. The van der Waals surface area contributed by atoms with Gasteiger partial charge in [0.15, 0.2) is 11.5 Å². The highest BCUT2D eigenvalue weighted by Crippen LogP contribution is 2.27. The Morgan fingerprint density at radius 3 is 2.68 bits per heavy atom. The van der Waals surface area contributed by atoms with Crippen molar-refractivity contribution < 1.29 is 17.9 Å². The van der Waals surface area contributed by atoms with Crippen LogP contribution in [0.25, 0.3) is 11.4 Å². The van der Waals surface area contributed by atoms with Gasteiger partial charge in [0.25, 0.3) is 0 Å². The Morgan fingerprint density at radius 2 is 2.03 bits per heavy atom. The molecule has 13 heteroatoms. The quantitative estimate of drug-likeness (QED) is 0.529. The minimum Gasteiger partial charge on any atom is -0.441 e. The maximum Gasteiger partial charge on any atom is 0.413 e. The van der Waals surface area contributed by atoms with Gasteiger partial charge in [0.05, 0.1) is 23.3 Å². The van der Waals surface area contributed by atoms with Crippen LogP contribution in [-0.4, -0.2) is 45.7 Å². The van der Waals surface area contributed by atoms with Gasteiger partial charge in [-0.3, -0.25) is 10.0 Å². The molecule has 0 aliphatic heterocycles. The maximum atomic E-state index is 12.5. The largest absolute Gasteiger partial charge is 0.441 e. The second kappa shape index (κ2) is 8.86. The van der Waals surface area contributed by atoms with Crippen LogP contribution >= 0.6 is 11.6 Å². The Bertz CT molecular complexity index is 1230. The Hall–Kier alpha value is -3.25. The summed E-state index contributed by atoms with van der Waals surface area (Å²) in [7, 11) is -1.85. The minimum atomic E-state index is -3.44. The Kier molecular flexibility index (Phi) is 6.41. The predicted octanol–water partition coefficient (Wildman–Crippen LogP) is 2.92. The lowest BCUT2D eigenvalue weighted by Gasteiger charge is -2.15. The fourth-order valence-corrected chi connectivity index (χ4v) is 3.61. The summed E-state index contributed by atoms with van der Waals surface area (Å²) < 4.78 is 32.1. The summed E-state index contributed by atoms with van der Waals surface area (Å²) in [5.74, 6) is 0.255. The number of rotatable bonds is 6. The lowest BCUT2D eigenvalue weighted by Crippen LogP contribution is -2.18. The number of sulfonamides is 1. The number of halogens is 1. The van der Waals surface area contributed by atoms with Crippen LogP contribution in [0, 0.1) is 6.92 Å². The molecule has 0 saturated heterocycles. The summed E-state index contributed by atoms with van der Waals surface area (Å²) in [4.78, 5) is 20.8. The van der Waals surface area contributed by atoms with Gasteiger partial charge in [0.2, 0.25) is 10.0 Å². The van der Waals surface area contributed by atoms with E-state index in [0.717, 1.165) is 6.26 Å². The van der Waals surface area contributed by atoms with Gasteiger partial charge in [-0.1, -0.05) is 22.9 Å². The van der Waals surface area contributed by atoms with Crippen molar-refractivity contribution in [1.29, 1.82) is 0 Å². The van der Waals surface area contributed by atoms with Crippen molar-refractivity contribution in [2.75, 3.05) is 16.3 Å². The fraction of sp³-hybridized carbons (Fsp3) is 0.278. The molecule has 0 saturated carbocycles. The fourth-order valence-electron chi connectivity index (χ4n) is 2.72. The minimum absolute atomic E-state index is 0.244. The second-order valence-electron chi connectivity index (χ2n) is 6.67. The van der Waals surface area contributed by atoms with Crippen LogP contribution in [0.2, 0.25) is 5.15 Å². The average Bonchev–Trinajstić information content (AvgIpc) is 3.03. The highest BCUT2D eigenvalue weighted by atomic mass is 35.5. The zero-order valence-electron chi connectivity index (χ0n) is 17.1. The number of aromatic nitrogens is 5. The number of aryl methyl sites for hydroxylation is 2. The van der Waals surface area contributed by atoms with E-state index in [2.05, 4.69) is 30.3 Å². The van der Waals surface area contributed by atoms with Crippen LogP contribution in [-0.2, 0) is 21.8 Å². The number of carbonyl (C=O) groups excluding carboxylic acids is 1.